The highest BCUT2D eigenvalue weighted by atomic mass is 35.5. The number of rotatable bonds is 6. The number of anilines is 2. The Bertz CT molecular complexity index is 2980. The second kappa shape index (κ2) is 20.5. The van der Waals surface area contributed by atoms with Crippen LogP contribution in [0.25, 0.3) is 52.6 Å². The molecule has 8 aromatic rings. The van der Waals surface area contributed by atoms with Gasteiger partial charge in [0, 0.05) is 79.9 Å². The first-order valence-electron chi connectivity index (χ1n) is 21.7. The number of halogens is 1. The average Bonchev–Trinajstić information content (AvgIpc) is 3.96. The second-order valence-corrected chi connectivity index (χ2v) is 21.0. The maximum absolute atomic E-state index is 11.9. The topological polar surface area (TPSA) is 172 Å². The van der Waals surface area contributed by atoms with E-state index >= 15 is 0 Å². The molecule has 0 saturated carbocycles. The molecular formula is C50H52BClN8O6S2. The number of nitrogens with zero attached hydrogens (tertiary/aromatic N) is 6. The van der Waals surface area contributed by atoms with Crippen molar-refractivity contribution in [2.24, 2.45) is 0 Å². The molecule has 0 unspecified atom stereocenters. The normalized spacial score (nSPS) is 14.0. The van der Waals surface area contributed by atoms with Crippen molar-refractivity contribution >= 4 is 91.1 Å². The zero-order valence-corrected chi connectivity index (χ0v) is 41.8. The van der Waals surface area contributed by atoms with Gasteiger partial charge in [0.2, 0.25) is 0 Å². The lowest BCUT2D eigenvalue weighted by molar-refractivity contribution is 0.00578. The predicted molar refractivity (Wildman–Crippen MR) is 274 cm³/mol. The number of nitrogens with one attached hydrogen (secondary N) is 2. The Morgan fingerprint density at radius 1 is 0.618 bits per heavy atom. The first-order valence-corrected chi connectivity index (χ1v) is 23.7. The monoisotopic (exact) mass is 970 g/mol. The number of ether oxygens (including phenoxy) is 2. The lowest BCUT2D eigenvalue weighted by Crippen LogP contribution is -2.41. The van der Waals surface area contributed by atoms with Gasteiger partial charge in [0.25, 0.3) is 0 Å². The van der Waals surface area contributed by atoms with Gasteiger partial charge in [0.15, 0.2) is 0 Å². The molecular weight excluding hydrogens is 919 g/mol. The van der Waals surface area contributed by atoms with E-state index in [2.05, 4.69) is 53.8 Å². The van der Waals surface area contributed by atoms with Crippen LogP contribution < -0.4 is 16.1 Å². The fourth-order valence-electron chi connectivity index (χ4n) is 6.31. The molecule has 9 heterocycles. The third-order valence-electron chi connectivity index (χ3n) is 10.3. The predicted octanol–water partition coefficient (Wildman–Crippen LogP) is 12.5. The number of hydrogen-bond donors (Lipinski definition) is 2. The number of carbonyl (C=O) groups is 2. The van der Waals surface area contributed by atoms with Crippen LogP contribution in [0.2, 0.25) is 5.15 Å². The summed E-state index contributed by atoms with van der Waals surface area (Å²) in [5.41, 5.74) is 2.80. The minimum Gasteiger partial charge on any atom is -0.444 e. The van der Waals surface area contributed by atoms with E-state index in [0.717, 1.165) is 58.0 Å². The molecule has 18 heteroatoms. The fourth-order valence-corrected chi connectivity index (χ4v) is 8.55. The number of fused-ring (bicyclic) bond motifs is 2. The van der Waals surface area contributed by atoms with Crippen LogP contribution in [0.5, 0.6) is 0 Å². The second-order valence-electron chi connectivity index (χ2n) is 18.6. The van der Waals surface area contributed by atoms with E-state index < -0.39 is 41.7 Å². The third-order valence-corrected chi connectivity index (χ3v) is 12.7. The van der Waals surface area contributed by atoms with Crippen molar-refractivity contribution in [1.29, 1.82) is 0 Å². The molecule has 8 aromatic heterocycles. The summed E-state index contributed by atoms with van der Waals surface area (Å²) in [4.78, 5) is 53.7. The lowest BCUT2D eigenvalue weighted by Gasteiger charge is -2.32. The maximum atomic E-state index is 11.9. The molecule has 0 spiro atoms. The van der Waals surface area contributed by atoms with Crippen LogP contribution in [0.3, 0.4) is 0 Å². The van der Waals surface area contributed by atoms with Gasteiger partial charge in [0.1, 0.15) is 37.7 Å². The molecule has 2 N–H and O–H groups in total. The molecule has 350 valence electrons. The Kier molecular flexibility index (Phi) is 14.9. The van der Waals surface area contributed by atoms with E-state index in [1.165, 1.54) is 0 Å². The minimum absolute atomic E-state index is 0.398. The fraction of sp³-hybridized carbons (Fsp3) is 0.280. The zero-order valence-electron chi connectivity index (χ0n) is 39.5. The zero-order chi connectivity index (χ0) is 48.9. The van der Waals surface area contributed by atoms with Crippen LogP contribution in [0.4, 0.5) is 21.2 Å². The molecule has 2 amide bonds. The molecule has 1 aliphatic heterocycles. The summed E-state index contributed by atoms with van der Waals surface area (Å²) in [5, 5.41) is 7.97. The summed E-state index contributed by atoms with van der Waals surface area (Å²) >= 11 is 9.12. The highest BCUT2D eigenvalue weighted by Crippen LogP contribution is 2.37. The summed E-state index contributed by atoms with van der Waals surface area (Å²) in [6, 6.07) is 27.1. The van der Waals surface area contributed by atoms with E-state index in [1.807, 2.05) is 115 Å². The van der Waals surface area contributed by atoms with Gasteiger partial charge < -0.3 is 18.8 Å². The van der Waals surface area contributed by atoms with Gasteiger partial charge in [-0.15, -0.1) is 22.7 Å². The number of hydrogen-bond acceptors (Lipinski definition) is 14. The van der Waals surface area contributed by atoms with Crippen LogP contribution in [0, 0.1) is 0 Å². The standard InChI is InChI=1S/C22H20N4O2S.C16H25BN2O4.C12H7ClN2S/c1-22(2,3)28-21(27)26-19-9-7-15(13-24-19)17-8-6-14-11-18(29-20(14)25-17)16-5-4-10-23-12-16;1-14(2,3)21-13(20)19-12-9-8-11(10-18-12)17-22-15(4,5)16(6,7)23-17;13-11-4-3-8-6-10(16-12(8)15-11)9-2-1-5-14-7-9/h4-13H,1-3H3,(H,24,26,27);8-10H,1-7H3,(H,18,19,20);1-7H. The number of pyridine rings is 6. The molecule has 0 aromatic carbocycles. The number of amides is 2. The van der Waals surface area contributed by atoms with Gasteiger partial charge in [-0.1, -0.05) is 29.8 Å². The quantitative estimate of drug-likeness (QED) is 0.119. The molecule has 14 nitrogen and oxygen atoms in total. The molecule has 1 fully saturated rings. The highest BCUT2D eigenvalue weighted by Gasteiger charge is 2.51. The Morgan fingerprint density at radius 3 is 1.57 bits per heavy atom. The number of aromatic nitrogens is 6. The molecule has 0 aliphatic carbocycles. The highest BCUT2D eigenvalue weighted by molar-refractivity contribution is 7.22. The summed E-state index contributed by atoms with van der Waals surface area (Å²) < 4.78 is 22.4. The maximum Gasteiger partial charge on any atom is 0.496 e. The van der Waals surface area contributed by atoms with Crippen LogP contribution in [0.15, 0.2) is 122 Å². The van der Waals surface area contributed by atoms with Gasteiger partial charge in [-0.2, -0.15) is 0 Å². The molecule has 68 heavy (non-hydrogen) atoms. The first-order chi connectivity index (χ1) is 32.1. The number of thiophene rings is 2. The Balaban J connectivity index is 0.000000157. The molecule has 0 bridgehead atoms. The first kappa shape index (κ1) is 49.5. The Morgan fingerprint density at radius 2 is 1.12 bits per heavy atom. The van der Waals surface area contributed by atoms with E-state index in [0.29, 0.717) is 16.8 Å². The van der Waals surface area contributed by atoms with Crippen LogP contribution in [0.1, 0.15) is 69.2 Å². The number of carbonyl (C=O) groups excluding carboxylic acids is 2. The van der Waals surface area contributed by atoms with Gasteiger partial charge in [-0.3, -0.25) is 20.6 Å². The molecule has 1 saturated heterocycles. The molecule has 0 radical (unpaired) electrons. The van der Waals surface area contributed by atoms with Gasteiger partial charge in [0.05, 0.1) is 16.9 Å². The van der Waals surface area contributed by atoms with Crippen molar-refractivity contribution < 1.29 is 28.4 Å². The summed E-state index contributed by atoms with van der Waals surface area (Å²) in [5.74, 6) is 0.846. The third kappa shape index (κ3) is 13.2. The largest absolute Gasteiger partial charge is 0.496 e. The average molecular weight is 971 g/mol. The Hall–Kier alpha value is -6.37. The molecule has 9 rings (SSSR count). The van der Waals surface area contributed by atoms with Crippen LogP contribution >= 0.6 is 34.3 Å². The van der Waals surface area contributed by atoms with Crippen molar-refractivity contribution in [1.82, 2.24) is 29.9 Å². The van der Waals surface area contributed by atoms with Crippen molar-refractivity contribution in [3.63, 3.8) is 0 Å². The Labute approximate surface area is 409 Å². The summed E-state index contributed by atoms with van der Waals surface area (Å²) in [6.45, 7) is 18.9. The van der Waals surface area contributed by atoms with Crippen molar-refractivity contribution in [3.05, 3.63) is 127 Å². The van der Waals surface area contributed by atoms with Crippen molar-refractivity contribution in [2.45, 2.75) is 91.6 Å². The van der Waals surface area contributed by atoms with Gasteiger partial charge in [-0.25, -0.2) is 29.5 Å². The minimum atomic E-state index is -0.557. The lowest BCUT2D eigenvalue weighted by atomic mass is 9.80. The molecule has 0 atom stereocenters. The van der Waals surface area contributed by atoms with Gasteiger partial charge >= 0.3 is 19.3 Å². The smallest absolute Gasteiger partial charge is 0.444 e. The molecule has 1 aliphatic rings. The van der Waals surface area contributed by atoms with E-state index in [-0.39, 0.29) is 0 Å². The van der Waals surface area contributed by atoms with Crippen LogP contribution in [-0.2, 0) is 18.8 Å². The van der Waals surface area contributed by atoms with E-state index in [1.54, 1.807) is 80.4 Å². The van der Waals surface area contributed by atoms with Crippen LogP contribution in [-0.4, -0.2) is 71.6 Å². The summed E-state index contributed by atoms with van der Waals surface area (Å²) in [7, 11) is -0.469. The SMILES string of the molecule is CC(C)(C)OC(=O)Nc1ccc(-c2ccc3cc(-c4cccnc4)sc3n2)cn1.CC(C)(C)OC(=O)Nc1ccc(B2OC(C)(C)C(C)(C)O2)cn1.Clc1ccc2cc(-c3cccnc3)sc2n1. The van der Waals surface area contributed by atoms with E-state index in [4.69, 9.17) is 35.4 Å². The van der Waals surface area contributed by atoms with Gasteiger partial charge in [-0.05, 0) is 136 Å². The summed E-state index contributed by atoms with van der Waals surface area (Å²) in [6.07, 6.45) is 9.50. The van der Waals surface area contributed by atoms with Crippen molar-refractivity contribution in [2.75, 3.05) is 10.6 Å². The van der Waals surface area contributed by atoms with Crippen molar-refractivity contribution in [3.8, 4) is 32.1 Å². The van der Waals surface area contributed by atoms with E-state index in [9.17, 15) is 9.59 Å².